The van der Waals surface area contributed by atoms with E-state index in [0.29, 0.717) is 13.0 Å². The number of aliphatic hydroxyl groups excluding tert-OH is 1. The predicted molar refractivity (Wildman–Crippen MR) is 70.0 cm³/mol. The lowest BCUT2D eigenvalue weighted by Crippen LogP contribution is -2.24. The van der Waals surface area contributed by atoms with Gasteiger partial charge in [0.25, 0.3) is 5.91 Å². The van der Waals surface area contributed by atoms with E-state index >= 15 is 0 Å². The van der Waals surface area contributed by atoms with Crippen LogP contribution >= 0.6 is 0 Å². The summed E-state index contributed by atoms with van der Waals surface area (Å²) < 4.78 is 1.56. The van der Waals surface area contributed by atoms with Crippen LogP contribution in [0.5, 0.6) is 0 Å². The highest BCUT2D eigenvalue weighted by atomic mass is 16.2. The van der Waals surface area contributed by atoms with Crippen LogP contribution < -0.4 is 5.32 Å². The number of hydrogen-bond acceptors (Lipinski definition) is 4. The minimum atomic E-state index is -0.250. The summed E-state index contributed by atoms with van der Waals surface area (Å²) in [5.74, 6) is -0.250. The van der Waals surface area contributed by atoms with Crippen molar-refractivity contribution in [3.8, 4) is 5.69 Å². The average molecular weight is 260 g/mol. The van der Waals surface area contributed by atoms with Crippen molar-refractivity contribution in [3.05, 3.63) is 42.2 Å². The molecule has 0 aliphatic carbocycles. The second-order valence-electron chi connectivity index (χ2n) is 4.07. The summed E-state index contributed by atoms with van der Waals surface area (Å²) in [5.41, 5.74) is 1.14. The fourth-order valence-electron chi connectivity index (χ4n) is 1.60. The van der Waals surface area contributed by atoms with Gasteiger partial charge < -0.3 is 10.4 Å². The molecule has 0 aliphatic rings. The third-order valence-electron chi connectivity index (χ3n) is 2.62. The fraction of sp³-hybridized carbons (Fsp3) is 0.308. The van der Waals surface area contributed by atoms with Crippen molar-refractivity contribution in [2.75, 3.05) is 13.2 Å². The van der Waals surface area contributed by atoms with Crippen LogP contribution in [-0.4, -0.2) is 39.2 Å². The molecular weight excluding hydrogens is 244 g/mol. The predicted octanol–water partition coefficient (Wildman–Crippen LogP) is 0.770. The summed E-state index contributed by atoms with van der Waals surface area (Å²) in [6.45, 7) is 0.664. The maximum absolute atomic E-state index is 11.8. The van der Waals surface area contributed by atoms with Crippen molar-refractivity contribution in [3.63, 3.8) is 0 Å². The van der Waals surface area contributed by atoms with Crippen molar-refractivity contribution in [1.29, 1.82) is 0 Å². The number of rotatable bonds is 6. The number of nitrogens with one attached hydrogen (secondary N) is 1. The number of nitrogens with zero attached hydrogens (tertiary/aromatic N) is 3. The molecule has 0 saturated heterocycles. The second-order valence-corrected chi connectivity index (χ2v) is 4.07. The zero-order valence-corrected chi connectivity index (χ0v) is 10.5. The van der Waals surface area contributed by atoms with E-state index in [4.69, 9.17) is 5.11 Å². The van der Waals surface area contributed by atoms with Gasteiger partial charge in [0.2, 0.25) is 0 Å². The Hall–Kier alpha value is -2.21. The third kappa shape index (κ3) is 3.62. The molecule has 0 radical (unpaired) electrons. The molecule has 19 heavy (non-hydrogen) atoms. The van der Waals surface area contributed by atoms with Crippen LogP contribution in [0.1, 0.15) is 23.3 Å². The normalized spacial score (nSPS) is 10.4. The molecular formula is C13H16N4O2. The van der Waals surface area contributed by atoms with Gasteiger partial charge in [-0.1, -0.05) is 23.4 Å². The summed E-state index contributed by atoms with van der Waals surface area (Å²) in [4.78, 5) is 11.8. The largest absolute Gasteiger partial charge is 0.396 e. The number of hydrogen-bond donors (Lipinski definition) is 2. The van der Waals surface area contributed by atoms with Gasteiger partial charge in [-0.05, 0) is 25.0 Å². The smallest absolute Gasteiger partial charge is 0.273 e. The Bertz CT molecular complexity index is 524. The Kier molecular flexibility index (Phi) is 4.63. The number of aromatic nitrogens is 3. The van der Waals surface area contributed by atoms with E-state index in [9.17, 15) is 4.79 Å². The molecule has 2 aromatic rings. The molecule has 100 valence electrons. The van der Waals surface area contributed by atoms with Crippen LogP contribution in [0.4, 0.5) is 0 Å². The number of carbonyl (C=O) groups excluding carboxylic acids is 1. The maximum atomic E-state index is 11.8. The molecule has 1 amide bonds. The molecule has 1 heterocycles. The van der Waals surface area contributed by atoms with E-state index in [0.717, 1.165) is 12.1 Å². The molecule has 2 rings (SSSR count). The molecule has 0 bridgehead atoms. The number of unbranched alkanes of at least 4 members (excludes halogenated alkanes) is 1. The van der Waals surface area contributed by atoms with Crippen LogP contribution in [0.2, 0.25) is 0 Å². The van der Waals surface area contributed by atoms with Gasteiger partial charge in [-0.3, -0.25) is 4.79 Å². The quantitative estimate of drug-likeness (QED) is 0.752. The molecule has 0 fully saturated rings. The Labute approximate surface area is 111 Å². The van der Waals surface area contributed by atoms with Crippen LogP contribution in [0.15, 0.2) is 36.5 Å². The minimum absolute atomic E-state index is 0.139. The first-order valence-corrected chi connectivity index (χ1v) is 6.18. The van der Waals surface area contributed by atoms with Crippen LogP contribution in [0, 0.1) is 0 Å². The van der Waals surface area contributed by atoms with E-state index in [1.807, 2.05) is 30.3 Å². The van der Waals surface area contributed by atoms with Crippen LogP contribution in [0.3, 0.4) is 0 Å². The first-order chi connectivity index (χ1) is 9.31. The molecule has 0 saturated carbocycles. The lowest BCUT2D eigenvalue weighted by atomic mass is 10.3. The Morgan fingerprint density at radius 1 is 1.26 bits per heavy atom. The molecule has 0 atom stereocenters. The summed E-state index contributed by atoms with van der Waals surface area (Å²) in [6.07, 6.45) is 3.02. The summed E-state index contributed by atoms with van der Waals surface area (Å²) in [7, 11) is 0. The first-order valence-electron chi connectivity index (χ1n) is 6.18. The Morgan fingerprint density at radius 3 is 2.79 bits per heavy atom. The fourth-order valence-corrected chi connectivity index (χ4v) is 1.60. The highest BCUT2D eigenvalue weighted by Gasteiger charge is 2.10. The summed E-state index contributed by atoms with van der Waals surface area (Å²) >= 11 is 0. The molecule has 1 aromatic heterocycles. The van der Waals surface area contributed by atoms with Crippen molar-refractivity contribution in [2.24, 2.45) is 0 Å². The number of amides is 1. The number of benzene rings is 1. The van der Waals surface area contributed by atoms with Gasteiger partial charge in [-0.25, -0.2) is 4.68 Å². The molecule has 0 spiro atoms. The van der Waals surface area contributed by atoms with Crippen molar-refractivity contribution in [1.82, 2.24) is 20.3 Å². The van der Waals surface area contributed by atoms with E-state index in [1.54, 1.807) is 10.9 Å². The van der Waals surface area contributed by atoms with E-state index < -0.39 is 0 Å². The third-order valence-corrected chi connectivity index (χ3v) is 2.62. The lowest BCUT2D eigenvalue weighted by Gasteiger charge is -2.01. The monoisotopic (exact) mass is 260 g/mol. The standard InChI is InChI=1S/C13H16N4O2/c18-9-5-4-8-14-13(19)12-10-17(16-15-12)11-6-2-1-3-7-11/h1-3,6-7,10,18H,4-5,8-9H2,(H,14,19). The van der Waals surface area contributed by atoms with Gasteiger partial charge in [-0.15, -0.1) is 5.10 Å². The second kappa shape index (κ2) is 6.65. The van der Waals surface area contributed by atoms with Gasteiger partial charge in [0.15, 0.2) is 5.69 Å². The Balaban J connectivity index is 1.95. The first kappa shape index (κ1) is 13.2. The van der Waals surface area contributed by atoms with Gasteiger partial charge in [-0.2, -0.15) is 0 Å². The molecule has 1 aromatic carbocycles. The molecule has 6 heteroatoms. The van der Waals surface area contributed by atoms with Gasteiger partial charge in [0.1, 0.15) is 0 Å². The van der Waals surface area contributed by atoms with Crippen LogP contribution in [0.25, 0.3) is 5.69 Å². The molecule has 6 nitrogen and oxygen atoms in total. The molecule has 0 aliphatic heterocycles. The van der Waals surface area contributed by atoms with Crippen LogP contribution in [-0.2, 0) is 0 Å². The van der Waals surface area contributed by atoms with E-state index in [-0.39, 0.29) is 18.2 Å². The topological polar surface area (TPSA) is 80.0 Å². The van der Waals surface area contributed by atoms with Gasteiger partial charge in [0.05, 0.1) is 11.9 Å². The SMILES string of the molecule is O=C(NCCCCO)c1cn(-c2ccccc2)nn1. The highest BCUT2D eigenvalue weighted by molar-refractivity contribution is 5.91. The van der Waals surface area contributed by atoms with E-state index in [2.05, 4.69) is 15.6 Å². The number of aliphatic hydroxyl groups is 1. The van der Waals surface area contributed by atoms with Gasteiger partial charge >= 0.3 is 0 Å². The van der Waals surface area contributed by atoms with E-state index in [1.165, 1.54) is 0 Å². The van der Waals surface area contributed by atoms with Crippen molar-refractivity contribution < 1.29 is 9.90 Å². The van der Waals surface area contributed by atoms with Crippen molar-refractivity contribution >= 4 is 5.91 Å². The van der Waals surface area contributed by atoms with Gasteiger partial charge in [0, 0.05) is 13.2 Å². The highest BCUT2D eigenvalue weighted by Crippen LogP contribution is 2.05. The Morgan fingerprint density at radius 2 is 2.05 bits per heavy atom. The zero-order chi connectivity index (χ0) is 13.5. The average Bonchev–Trinajstić information content (AvgIpc) is 2.94. The summed E-state index contributed by atoms with van der Waals surface area (Å²) in [6, 6.07) is 9.47. The number of carbonyl (C=O) groups is 1. The number of para-hydroxylation sites is 1. The summed E-state index contributed by atoms with van der Waals surface area (Å²) in [5, 5.41) is 19.1. The zero-order valence-electron chi connectivity index (χ0n) is 10.5. The minimum Gasteiger partial charge on any atom is -0.396 e. The van der Waals surface area contributed by atoms with Crippen molar-refractivity contribution in [2.45, 2.75) is 12.8 Å². The lowest BCUT2D eigenvalue weighted by molar-refractivity contribution is 0.0947. The molecule has 0 unspecified atom stereocenters. The molecule has 2 N–H and O–H groups in total. The maximum Gasteiger partial charge on any atom is 0.273 e.